The average Bonchev–Trinajstić information content (AvgIpc) is 3.16. The SMILES string of the molecule is CCCCN(C)C(=O)C1=C(N(C)C=O)NC(OC2CCCCC2)N1Cc1ccc(Cl)cc1. The minimum absolute atomic E-state index is 0.127. The molecule has 0 saturated heterocycles. The largest absolute Gasteiger partial charge is 0.340 e. The van der Waals surface area contributed by atoms with Gasteiger partial charge < -0.3 is 24.8 Å². The van der Waals surface area contributed by atoms with Gasteiger partial charge in [-0.25, -0.2) is 0 Å². The highest BCUT2D eigenvalue weighted by atomic mass is 35.5. The smallest absolute Gasteiger partial charge is 0.273 e. The second-order valence-electron chi connectivity index (χ2n) is 8.64. The molecule has 1 unspecified atom stereocenters. The van der Waals surface area contributed by atoms with Crippen LogP contribution in [0.4, 0.5) is 0 Å². The van der Waals surface area contributed by atoms with Crippen molar-refractivity contribution in [2.75, 3.05) is 20.6 Å². The van der Waals surface area contributed by atoms with E-state index in [4.69, 9.17) is 16.3 Å². The molecule has 8 heteroatoms. The quantitative estimate of drug-likeness (QED) is 0.534. The molecule has 176 valence electrons. The van der Waals surface area contributed by atoms with E-state index in [2.05, 4.69) is 12.2 Å². The number of amides is 2. The van der Waals surface area contributed by atoms with Gasteiger partial charge in [0.15, 0.2) is 0 Å². The molecule has 1 heterocycles. The normalized spacial score (nSPS) is 19.1. The van der Waals surface area contributed by atoms with Crippen LogP contribution in [0.25, 0.3) is 0 Å². The summed E-state index contributed by atoms with van der Waals surface area (Å²) in [6.45, 7) is 3.21. The molecule has 1 aliphatic carbocycles. The number of hydrogen-bond acceptors (Lipinski definition) is 5. The minimum atomic E-state index is -0.523. The molecule has 7 nitrogen and oxygen atoms in total. The van der Waals surface area contributed by atoms with Gasteiger partial charge in [-0.3, -0.25) is 9.59 Å². The maximum atomic E-state index is 13.5. The zero-order valence-corrected chi connectivity index (χ0v) is 20.1. The molecule has 1 atom stereocenters. The number of carbonyl (C=O) groups is 2. The average molecular weight is 463 g/mol. The number of hydrogen-bond donors (Lipinski definition) is 1. The fourth-order valence-corrected chi connectivity index (χ4v) is 4.31. The van der Waals surface area contributed by atoms with Gasteiger partial charge in [0, 0.05) is 32.2 Å². The van der Waals surface area contributed by atoms with E-state index < -0.39 is 6.35 Å². The van der Waals surface area contributed by atoms with Gasteiger partial charge in [-0.2, -0.15) is 0 Å². The van der Waals surface area contributed by atoms with Crippen LogP contribution < -0.4 is 5.32 Å². The van der Waals surface area contributed by atoms with Gasteiger partial charge in [-0.15, -0.1) is 0 Å². The standard InChI is InChI=1S/C24H35ClN4O3/c1-4-5-15-27(2)23(31)21-22(28(3)17-30)26-24(32-20-9-7-6-8-10-20)29(21)16-18-11-13-19(25)14-12-18/h11-14,17,20,24,26H,4-10,15-16H2,1-3H3. The predicted octanol–water partition coefficient (Wildman–Crippen LogP) is 3.89. The lowest BCUT2D eigenvalue weighted by Crippen LogP contribution is -2.45. The van der Waals surface area contributed by atoms with E-state index >= 15 is 0 Å². The first kappa shape index (κ1) is 24.4. The Morgan fingerprint density at radius 2 is 1.91 bits per heavy atom. The third kappa shape index (κ3) is 5.95. The highest BCUT2D eigenvalue weighted by Gasteiger charge is 2.40. The lowest BCUT2D eigenvalue weighted by atomic mass is 9.98. The topological polar surface area (TPSA) is 65.1 Å². The van der Waals surface area contributed by atoms with Gasteiger partial charge in [0.2, 0.25) is 12.8 Å². The lowest BCUT2D eigenvalue weighted by molar-refractivity contribution is -0.133. The van der Waals surface area contributed by atoms with Gasteiger partial charge in [0.25, 0.3) is 5.91 Å². The Bertz CT molecular complexity index is 808. The van der Waals surface area contributed by atoms with Crippen LogP contribution in [-0.4, -0.2) is 60.1 Å². The molecule has 0 spiro atoms. The third-order valence-electron chi connectivity index (χ3n) is 6.10. The molecule has 2 amide bonds. The molecule has 0 bridgehead atoms. The van der Waals surface area contributed by atoms with Crippen LogP contribution in [0.5, 0.6) is 0 Å². The molecule has 1 aromatic carbocycles. The Kier molecular flexibility index (Phi) is 8.82. The van der Waals surface area contributed by atoms with Crippen molar-refractivity contribution < 1.29 is 14.3 Å². The maximum absolute atomic E-state index is 13.5. The van der Waals surface area contributed by atoms with Crippen LogP contribution in [0.2, 0.25) is 5.02 Å². The summed E-state index contributed by atoms with van der Waals surface area (Å²) in [7, 11) is 3.46. The first-order valence-corrected chi connectivity index (χ1v) is 11.9. The molecule has 32 heavy (non-hydrogen) atoms. The highest BCUT2D eigenvalue weighted by Crippen LogP contribution is 2.30. The van der Waals surface area contributed by atoms with Gasteiger partial charge in [0.1, 0.15) is 11.5 Å². The van der Waals surface area contributed by atoms with E-state index in [1.165, 1.54) is 11.3 Å². The minimum Gasteiger partial charge on any atom is -0.340 e. The Balaban J connectivity index is 1.93. The van der Waals surface area contributed by atoms with Crippen LogP contribution >= 0.6 is 11.6 Å². The van der Waals surface area contributed by atoms with Crippen LogP contribution in [0.1, 0.15) is 57.4 Å². The van der Waals surface area contributed by atoms with Crippen LogP contribution in [0.3, 0.4) is 0 Å². The summed E-state index contributed by atoms with van der Waals surface area (Å²) in [4.78, 5) is 30.3. The Morgan fingerprint density at radius 3 is 2.53 bits per heavy atom. The Morgan fingerprint density at radius 1 is 1.22 bits per heavy atom. The summed E-state index contributed by atoms with van der Waals surface area (Å²) >= 11 is 6.07. The van der Waals surface area contributed by atoms with Crippen molar-refractivity contribution in [2.45, 2.75) is 70.9 Å². The molecule has 1 fully saturated rings. The molecular formula is C24H35ClN4O3. The Labute approximate surface area is 196 Å². The molecule has 3 rings (SSSR count). The van der Waals surface area contributed by atoms with Crippen molar-refractivity contribution in [2.24, 2.45) is 0 Å². The molecule has 2 aliphatic rings. The third-order valence-corrected chi connectivity index (χ3v) is 6.35. The summed E-state index contributed by atoms with van der Waals surface area (Å²) in [6.07, 6.45) is 7.77. The molecule has 0 aromatic heterocycles. The summed E-state index contributed by atoms with van der Waals surface area (Å²) in [5.74, 6) is 0.349. The summed E-state index contributed by atoms with van der Waals surface area (Å²) in [5.41, 5.74) is 1.46. The van der Waals surface area contributed by atoms with Crippen LogP contribution in [0.15, 0.2) is 35.8 Å². The molecular weight excluding hydrogens is 428 g/mol. The number of rotatable bonds is 10. The Hall–Kier alpha value is -2.25. The van der Waals surface area contributed by atoms with Crippen molar-refractivity contribution in [3.63, 3.8) is 0 Å². The fourth-order valence-electron chi connectivity index (χ4n) is 4.18. The van der Waals surface area contributed by atoms with Crippen LogP contribution in [-0.2, 0) is 20.9 Å². The van der Waals surface area contributed by atoms with E-state index in [0.717, 1.165) is 44.1 Å². The zero-order valence-electron chi connectivity index (χ0n) is 19.3. The first-order chi connectivity index (χ1) is 15.4. The van der Waals surface area contributed by atoms with Gasteiger partial charge in [-0.1, -0.05) is 56.3 Å². The van der Waals surface area contributed by atoms with E-state index in [-0.39, 0.29) is 12.0 Å². The number of benzene rings is 1. The van der Waals surface area contributed by atoms with E-state index in [1.807, 2.05) is 29.2 Å². The molecule has 1 N–H and O–H groups in total. The van der Waals surface area contributed by atoms with Gasteiger partial charge in [-0.05, 0) is 37.0 Å². The number of nitrogens with zero attached hydrogens (tertiary/aromatic N) is 3. The lowest BCUT2D eigenvalue weighted by Gasteiger charge is -2.33. The monoisotopic (exact) mass is 462 g/mol. The predicted molar refractivity (Wildman–Crippen MR) is 125 cm³/mol. The second-order valence-corrected chi connectivity index (χ2v) is 9.08. The summed E-state index contributed by atoms with van der Waals surface area (Å²) in [6, 6.07) is 7.58. The number of unbranched alkanes of at least 4 members (excludes halogenated alkanes) is 1. The highest BCUT2D eigenvalue weighted by molar-refractivity contribution is 6.30. The zero-order chi connectivity index (χ0) is 23.1. The molecule has 0 radical (unpaired) electrons. The van der Waals surface area contributed by atoms with E-state index in [1.54, 1.807) is 19.0 Å². The molecule has 1 aliphatic heterocycles. The number of carbonyl (C=O) groups excluding carboxylic acids is 2. The van der Waals surface area contributed by atoms with E-state index in [0.29, 0.717) is 36.0 Å². The van der Waals surface area contributed by atoms with Crippen molar-refractivity contribution in [3.8, 4) is 0 Å². The number of nitrogens with one attached hydrogen (secondary N) is 1. The summed E-state index contributed by atoms with van der Waals surface area (Å²) in [5, 5.41) is 3.98. The molecule has 1 aromatic rings. The maximum Gasteiger partial charge on any atom is 0.273 e. The fraction of sp³-hybridized carbons (Fsp3) is 0.583. The van der Waals surface area contributed by atoms with Crippen molar-refractivity contribution in [3.05, 3.63) is 46.4 Å². The van der Waals surface area contributed by atoms with Gasteiger partial charge >= 0.3 is 0 Å². The number of likely N-dealkylation sites (N-methyl/N-ethyl adjacent to an activating group) is 1. The van der Waals surface area contributed by atoms with Crippen LogP contribution in [0, 0.1) is 0 Å². The summed E-state index contributed by atoms with van der Waals surface area (Å²) < 4.78 is 6.46. The molecule has 1 saturated carbocycles. The number of ether oxygens (including phenoxy) is 1. The van der Waals surface area contributed by atoms with E-state index in [9.17, 15) is 9.59 Å². The van der Waals surface area contributed by atoms with Crippen molar-refractivity contribution in [1.82, 2.24) is 20.0 Å². The number of halogens is 1. The second kappa shape index (κ2) is 11.6. The van der Waals surface area contributed by atoms with Crippen molar-refractivity contribution in [1.29, 1.82) is 0 Å². The van der Waals surface area contributed by atoms with Gasteiger partial charge in [0.05, 0.1) is 6.10 Å². The first-order valence-electron chi connectivity index (χ1n) is 11.6. The van der Waals surface area contributed by atoms with Crippen molar-refractivity contribution >= 4 is 23.9 Å².